The normalized spacial score (nSPS) is 12.8. The highest BCUT2D eigenvalue weighted by molar-refractivity contribution is 5.81. The average molecular weight is 358 g/mol. The van der Waals surface area contributed by atoms with Crippen LogP contribution in [-0.4, -0.2) is 4.98 Å². The van der Waals surface area contributed by atoms with Gasteiger partial charge < -0.3 is 0 Å². The fourth-order valence-electron chi connectivity index (χ4n) is 3.10. The molecular weight excluding hydrogens is 326 g/mol. The molecule has 0 radical (unpaired) electrons. The van der Waals surface area contributed by atoms with Gasteiger partial charge in [-0.15, -0.1) is 0 Å². The molecule has 27 heavy (non-hydrogen) atoms. The number of pyridine rings is 1. The summed E-state index contributed by atoms with van der Waals surface area (Å²) in [5, 5.41) is 0. The molecule has 0 atom stereocenters. The highest BCUT2D eigenvalue weighted by Crippen LogP contribution is 2.33. The van der Waals surface area contributed by atoms with Crippen molar-refractivity contribution in [1.82, 2.24) is 4.98 Å². The average Bonchev–Trinajstić information content (AvgIpc) is 2.69. The van der Waals surface area contributed by atoms with Gasteiger partial charge in [0, 0.05) is 16.7 Å². The van der Waals surface area contributed by atoms with E-state index in [2.05, 4.69) is 88.9 Å². The maximum Gasteiger partial charge on any atom is 0.0782 e. The number of aromatic nitrogens is 1. The number of hydrogen-bond donors (Lipinski definition) is 0. The van der Waals surface area contributed by atoms with E-state index in [0.717, 1.165) is 34.5 Å². The van der Waals surface area contributed by atoms with Gasteiger partial charge in [0.05, 0.1) is 11.4 Å². The Kier molecular flexibility index (Phi) is 7.55. The molecular formula is C26H31N. The van der Waals surface area contributed by atoms with E-state index in [1.807, 2.05) is 19.1 Å². The molecule has 0 aliphatic heterocycles. The second-order valence-corrected chi connectivity index (χ2v) is 7.02. The molecule has 0 aliphatic rings. The van der Waals surface area contributed by atoms with E-state index in [1.54, 1.807) is 0 Å². The lowest BCUT2D eigenvalue weighted by molar-refractivity contribution is 0.768. The molecule has 1 nitrogen and oxygen atoms in total. The molecule has 0 unspecified atom stereocenters. The highest BCUT2D eigenvalue weighted by atomic mass is 14.7. The van der Waals surface area contributed by atoms with Crippen LogP contribution in [-0.2, 0) is 0 Å². The molecule has 1 aromatic heterocycles. The van der Waals surface area contributed by atoms with Gasteiger partial charge in [0.25, 0.3) is 0 Å². The van der Waals surface area contributed by atoms with Gasteiger partial charge in [-0.1, -0.05) is 86.7 Å². The lowest BCUT2D eigenvalue weighted by atomic mass is 9.90. The first-order chi connectivity index (χ1) is 13.0. The number of benzene rings is 1. The Hall–Kier alpha value is -2.67. The number of allylic oxidation sites excluding steroid dienone is 5. The minimum Gasteiger partial charge on any atom is -0.247 e. The molecule has 0 saturated heterocycles. The van der Waals surface area contributed by atoms with Crippen molar-refractivity contribution >= 4 is 17.7 Å². The van der Waals surface area contributed by atoms with Gasteiger partial charge >= 0.3 is 0 Å². The fourth-order valence-corrected chi connectivity index (χ4v) is 3.10. The topological polar surface area (TPSA) is 12.9 Å². The molecule has 2 rings (SSSR count). The molecule has 1 heterocycles. The predicted molar refractivity (Wildman–Crippen MR) is 121 cm³/mol. The third kappa shape index (κ3) is 4.95. The van der Waals surface area contributed by atoms with Crippen LogP contribution >= 0.6 is 0 Å². The first kappa shape index (κ1) is 20.6. The van der Waals surface area contributed by atoms with Crippen LogP contribution in [0.25, 0.3) is 29.0 Å². The summed E-state index contributed by atoms with van der Waals surface area (Å²) in [5.74, 6) is 0.472. The van der Waals surface area contributed by atoms with Gasteiger partial charge in [-0.05, 0) is 44.7 Å². The quantitative estimate of drug-likeness (QED) is 0.460. The minimum absolute atomic E-state index is 0.472. The Morgan fingerprint density at radius 2 is 1.78 bits per heavy atom. The first-order valence-corrected chi connectivity index (χ1v) is 9.70. The summed E-state index contributed by atoms with van der Waals surface area (Å²) in [6, 6.07) is 12.6. The fraction of sp³-hybridized carbons (Fsp3) is 0.269. The zero-order valence-electron chi connectivity index (χ0n) is 17.3. The van der Waals surface area contributed by atoms with E-state index in [4.69, 9.17) is 4.98 Å². The minimum atomic E-state index is 0.472. The van der Waals surface area contributed by atoms with Crippen LogP contribution in [0.2, 0.25) is 0 Å². The van der Waals surface area contributed by atoms with E-state index in [0.29, 0.717) is 5.92 Å². The van der Waals surface area contributed by atoms with Crippen LogP contribution in [0.4, 0.5) is 0 Å². The smallest absolute Gasteiger partial charge is 0.0782 e. The Balaban J connectivity index is 2.81. The number of rotatable bonds is 7. The van der Waals surface area contributed by atoms with Crippen molar-refractivity contribution in [3.63, 3.8) is 0 Å². The Morgan fingerprint density at radius 1 is 1.07 bits per heavy atom. The van der Waals surface area contributed by atoms with Gasteiger partial charge in [-0.2, -0.15) is 0 Å². The summed E-state index contributed by atoms with van der Waals surface area (Å²) in [6.45, 7) is 14.9. The van der Waals surface area contributed by atoms with Gasteiger partial charge in [0.15, 0.2) is 0 Å². The molecule has 0 fully saturated rings. The molecule has 140 valence electrons. The van der Waals surface area contributed by atoms with Crippen molar-refractivity contribution in [2.45, 2.75) is 41.0 Å². The van der Waals surface area contributed by atoms with Gasteiger partial charge in [-0.3, -0.25) is 0 Å². The Labute approximate surface area is 164 Å². The lowest BCUT2D eigenvalue weighted by Crippen LogP contribution is -2.03. The van der Waals surface area contributed by atoms with Crippen molar-refractivity contribution in [3.8, 4) is 11.3 Å². The van der Waals surface area contributed by atoms with Crippen LogP contribution in [0.1, 0.15) is 57.9 Å². The van der Waals surface area contributed by atoms with Crippen molar-refractivity contribution < 1.29 is 0 Å². The number of hydrogen-bond acceptors (Lipinski definition) is 1. The molecule has 2 aromatic rings. The largest absolute Gasteiger partial charge is 0.247 e. The van der Waals surface area contributed by atoms with Crippen molar-refractivity contribution in [2.75, 3.05) is 0 Å². The van der Waals surface area contributed by atoms with Crippen LogP contribution < -0.4 is 0 Å². The third-order valence-electron chi connectivity index (χ3n) is 4.88. The maximum absolute atomic E-state index is 5.17. The van der Waals surface area contributed by atoms with Crippen molar-refractivity contribution in [2.24, 2.45) is 5.92 Å². The predicted octanol–water partition coefficient (Wildman–Crippen LogP) is 7.82. The molecule has 0 amide bonds. The molecule has 0 N–H and O–H groups in total. The molecule has 1 heteroatoms. The summed E-state index contributed by atoms with van der Waals surface area (Å²) in [7, 11) is 0. The van der Waals surface area contributed by atoms with Crippen LogP contribution in [0.3, 0.4) is 0 Å². The third-order valence-corrected chi connectivity index (χ3v) is 4.88. The standard InChI is InChI=1S/C26H31N/c1-7-10-17-24(20(6)19(4)5)26-21(9-3)18-23(14-8-2)25(27-26)22-15-12-11-13-16-22/h7-16,18-19H,3,17H2,1-2,4-6H3/b10-7-,14-8-,24-20+. The monoisotopic (exact) mass is 357 g/mol. The molecule has 0 aliphatic carbocycles. The summed E-state index contributed by atoms with van der Waals surface area (Å²) >= 11 is 0. The molecule has 0 bridgehead atoms. The summed E-state index contributed by atoms with van der Waals surface area (Å²) in [5.41, 5.74) is 8.07. The zero-order chi connectivity index (χ0) is 19.8. The van der Waals surface area contributed by atoms with Crippen molar-refractivity contribution in [3.05, 3.63) is 83.6 Å². The molecule has 0 saturated carbocycles. The van der Waals surface area contributed by atoms with E-state index in [9.17, 15) is 0 Å². The summed E-state index contributed by atoms with van der Waals surface area (Å²) in [6.07, 6.45) is 11.3. The van der Waals surface area contributed by atoms with E-state index in [-0.39, 0.29) is 0 Å². The summed E-state index contributed by atoms with van der Waals surface area (Å²) < 4.78 is 0. The Morgan fingerprint density at radius 3 is 2.33 bits per heavy atom. The Bertz CT molecular complexity index is 865. The van der Waals surface area contributed by atoms with E-state index in [1.165, 1.54) is 11.1 Å². The van der Waals surface area contributed by atoms with Crippen LogP contribution in [0.5, 0.6) is 0 Å². The molecule has 0 spiro atoms. The summed E-state index contributed by atoms with van der Waals surface area (Å²) in [4.78, 5) is 5.17. The van der Waals surface area contributed by atoms with E-state index < -0.39 is 0 Å². The highest BCUT2D eigenvalue weighted by Gasteiger charge is 2.16. The van der Waals surface area contributed by atoms with Gasteiger partial charge in [0.2, 0.25) is 0 Å². The van der Waals surface area contributed by atoms with E-state index >= 15 is 0 Å². The SMILES string of the molecule is C=Cc1cc(/C=C\C)c(-c2ccccc2)nc1/C(C/C=C\C)=C(\C)C(C)C. The molecule has 1 aromatic carbocycles. The second kappa shape index (κ2) is 9.87. The van der Waals surface area contributed by atoms with Crippen molar-refractivity contribution in [1.29, 1.82) is 0 Å². The van der Waals surface area contributed by atoms with Gasteiger partial charge in [-0.25, -0.2) is 4.98 Å². The maximum atomic E-state index is 5.17. The zero-order valence-corrected chi connectivity index (χ0v) is 17.3. The number of nitrogens with zero attached hydrogens (tertiary/aromatic N) is 1. The van der Waals surface area contributed by atoms with Crippen LogP contribution in [0, 0.1) is 5.92 Å². The lowest BCUT2D eigenvalue weighted by Gasteiger charge is -2.18. The van der Waals surface area contributed by atoms with Gasteiger partial charge in [0.1, 0.15) is 0 Å². The second-order valence-electron chi connectivity index (χ2n) is 7.02. The first-order valence-electron chi connectivity index (χ1n) is 9.70. The van der Waals surface area contributed by atoms with Crippen LogP contribution in [0.15, 0.2) is 66.8 Å².